The zero-order valence-electron chi connectivity index (χ0n) is 10.7. The first-order valence-corrected chi connectivity index (χ1v) is 8.45. The molecule has 2 atom stereocenters. The molecule has 0 bridgehead atoms. The van der Waals surface area contributed by atoms with Crippen molar-refractivity contribution in [2.45, 2.75) is 43.8 Å². The fourth-order valence-electron chi connectivity index (χ4n) is 3.27. The first-order valence-electron chi connectivity index (χ1n) is 6.86. The van der Waals surface area contributed by atoms with E-state index in [0.29, 0.717) is 5.92 Å². The average Bonchev–Trinajstić information content (AvgIpc) is 2.35. The Bertz CT molecular complexity index is 451. The second kappa shape index (κ2) is 5.47. The third-order valence-corrected chi connectivity index (χ3v) is 5.38. The van der Waals surface area contributed by atoms with Gasteiger partial charge in [0.15, 0.2) is 0 Å². The number of hydrogen-bond acceptors (Lipinski definition) is 2. The van der Waals surface area contributed by atoms with Gasteiger partial charge in [-0.05, 0) is 61.8 Å². The fourth-order valence-corrected chi connectivity index (χ4v) is 4.60. The third kappa shape index (κ3) is 2.92. The van der Waals surface area contributed by atoms with Crippen LogP contribution >= 0.6 is 31.9 Å². The minimum absolute atomic E-state index is 0.0904. The van der Waals surface area contributed by atoms with Crippen LogP contribution < -0.4 is 0 Å². The molecule has 3 rings (SSSR count). The highest BCUT2D eigenvalue weighted by atomic mass is 79.9. The molecule has 1 aliphatic heterocycles. The highest BCUT2D eigenvalue weighted by molar-refractivity contribution is 9.11. The molecule has 19 heavy (non-hydrogen) atoms. The molecule has 1 heterocycles. The number of hydrogen-bond donors (Lipinski definition) is 1. The Kier molecular flexibility index (Phi) is 4.05. The molecule has 1 N–H and O–H groups in total. The van der Waals surface area contributed by atoms with E-state index in [1.54, 1.807) is 0 Å². The zero-order valence-corrected chi connectivity index (χ0v) is 13.9. The van der Waals surface area contributed by atoms with Gasteiger partial charge in [0.25, 0.3) is 0 Å². The van der Waals surface area contributed by atoms with Gasteiger partial charge in [0.05, 0.1) is 11.7 Å². The quantitative estimate of drug-likeness (QED) is 0.801. The molecule has 4 heteroatoms. The smallest absolute Gasteiger partial charge is 0.0820 e. The summed E-state index contributed by atoms with van der Waals surface area (Å²) in [5.74, 6) is 0.315. The van der Waals surface area contributed by atoms with Crippen LogP contribution in [0.3, 0.4) is 0 Å². The molecule has 0 radical (unpaired) electrons. The van der Waals surface area contributed by atoms with Crippen molar-refractivity contribution in [3.05, 3.63) is 32.7 Å². The molecule has 1 aliphatic carbocycles. The molecule has 104 valence electrons. The largest absolute Gasteiger partial charge is 0.388 e. The van der Waals surface area contributed by atoms with Gasteiger partial charge < -0.3 is 9.84 Å². The SMILES string of the molecule is OC(c1cc(Br)cc(Br)c1)C1CCOC2(CCC2)C1. The van der Waals surface area contributed by atoms with Crippen LogP contribution in [0.4, 0.5) is 0 Å². The van der Waals surface area contributed by atoms with Crippen LogP contribution in [0.1, 0.15) is 43.8 Å². The van der Waals surface area contributed by atoms with Gasteiger partial charge in [0, 0.05) is 15.6 Å². The Morgan fingerprint density at radius 2 is 1.89 bits per heavy atom. The maximum atomic E-state index is 10.6. The number of benzene rings is 1. The van der Waals surface area contributed by atoms with Crippen LogP contribution in [-0.2, 0) is 4.74 Å². The van der Waals surface area contributed by atoms with Crippen molar-refractivity contribution in [2.24, 2.45) is 5.92 Å². The Morgan fingerprint density at radius 1 is 1.21 bits per heavy atom. The van der Waals surface area contributed by atoms with Crippen LogP contribution in [0.5, 0.6) is 0 Å². The summed E-state index contributed by atoms with van der Waals surface area (Å²) in [4.78, 5) is 0. The zero-order chi connectivity index (χ0) is 13.5. The van der Waals surface area contributed by atoms with Crippen LogP contribution in [0.25, 0.3) is 0 Å². The minimum atomic E-state index is -0.393. The Labute approximate surface area is 130 Å². The number of halogens is 2. The Hall–Kier alpha value is 0.1000. The first-order chi connectivity index (χ1) is 9.08. The van der Waals surface area contributed by atoms with Gasteiger partial charge in [-0.25, -0.2) is 0 Å². The van der Waals surface area contributed by atoms with E-state index in [1.807, 2.05) is 18.2 Å². The van der Waals surface area contributed by atoms with Gasteiger partial charge in [0.1, 0.15) is 0 Å². The van der Waals surface area contributed by atoms with E-state index in [1.165, 1.54) is 19.3 Å². The van der Waals surface area contributed by atoms with Gasteiger partial charge in [0.2, 0.25) is 0 Å². The fraction of sp³-hybridized carbons (Fsp3) is 0.600. The monoisotopic (exact) mass is 388 g/mol. The molecular weight excluding hydrogens is 372 g/mol. The van der Waals surface area contributed by atoms with Gasteiger partial charge in [-0.2, -0.15) is 0 Å². The summed E-state index contributed by atoms with van der Waals surface area (Å²) in [6, 6.07) is 6.02. The van der Waals surface area contributed by atoms with Gasteiger partial charge in [-0.1, -0.05) is 31.9 Å². The number of ether oxygens (including phenoxy) is 1. The normalized spacial score (nSPS) is 27.0. The third-order valence-electron chi connectivity index (χ3n) is 4.47. The van der Waals surface area contributed by atoms with E-state index < -0.39 is 6.10 Å². The average molecular weight is 390 g/mol. The van der Waals surface area contributed by atoms with E-state index in [9.17, 15) is 5.11 Å². The highest BCUT2D eigenvalue weighted by Crippen LogP contribution is 2.47. The molecule has 1 spiro atoms. The van der Waals surface area contributed by atoms with E-state index in [-0.39, 0.29) is 5.60 Å². The maximum absolute atomic E-state index is 10.6. The molecule has 2 aliphatic rings. The number of aliphatic hydroxyl groups is 1. The molecule has 1 saturated carbocycles. The van der Waals surface area contributed by atoms with Crippen molar-refractivity contribution in [3.8, 4) is 0 Å². The van der Waals surface area contributed by atoms with Crippen molar-refractivity contribution < 1.29 is 9.84 Å². The van der Waals surface area contributed by atoms with Crippen LogP contribution in [0, 0.1) is 5.92 Å². The summed E-state index contributed by atoms with van der Waals surface area (Å²) >= 11 is 6.97. The standard InChI is InChI=1S/C15H18Br2O2/c16-12-6-11(7-13(17)8-12)14(18)10-2-5-19-15(9-10)3-1-4-15/h6-8,10,14,18H,1-5,9H2. The maximum Gasteiger partial charge on any atom is 0.0820 e. The molecule has 2 nitrogen and oxygen atoms in total. The van der Waals surface area contributed by atoms with Gasteiger partial charge >= 0.3 is 0 Å². The first kappa shape index (κ1) is 14.1. The predicted octanol–water partition coefficient (Wildman–Crippen LogP) is 4.59. The van der Waals surface area contributed by atoms with Crippen molar-refractivity contribution in [2.75, 3.05) is 6.61 Å². The summed E-state index contributed by atoms with van der Waals surface area (Å²) in [5.41, 5.74) is 1.08. The van der Waals surface area contributed by atoms with Gasteiger partial charge in [-0.15, -0.1) is 0 Å². The molecule has 0 amide bonds. The summed E-state index contributed by atoms with van der Waals surface area (Å²) < 4.78 is 7.94. The Balaban J connectivity index is 1.77. The summed E-state index contributed by atoms with van der Waals surface area (Å²) in [6.07, 6.45) is 5.16. The van der Waals surface area contributed by atoms with Crippen LogP contribution in [-0.4, -0.2) is 17.3 Å². The van der Waals surface area contributed by atoms with Crippen molar-refractivity contribution in [1.82, 2.24) is 0 Å². The van der Waals surface area contributed by atoms with Crippen LogP contribution in [0.15, 0.2) is 27.1 Å². The lowest BCUT2D eigenvalue weighted by molar-refractivity contribution is -0.157. The Morgan fingerprint density at radius 3 is 2.47 bits per heavy atom. The molecule has 2 fully saturated rings. The van der Waals surface area contributed by atoms with Crippen molar-refractivity contribution >= 4 is 31.9 Å². The molecule has 1 aromatic carbocycles. The lowest BCUT2D eigenvalue weighted by Crippen LogP contribution is -2.46. The highest BCUT2D eigenvalue weighted by Gasteiger charge is 2.44. The number of aliphatic hydroxyl groups excluding tert-OH is 1. The summed E-state index contributed by atoms with van der Waals surface area (Å²) in [5, 5.41) is 10.6. The van der Waals surface area contributed by atoms with E-state index in [4.69, 9.17) is 4.74 Å². The lowest BCUT2D eigenvalue weighted by atomic mass is 9.70. The van der Waals surface area contributed by atoms with Crippen molar-refractivity contribution in [1.29, 1.82) is 0 Å². The molecule has 1 aromatic rings. The molecule has 1 saturated heterocycles. The van der Waals surface area contributed by atoms with Gasteiger partial charge in [-0.3, -0.25) is 0 Å². The summed E-state index contributed by atoms with van der Waals surface area (Å²) in [6.45, 7) is 0.789. The predicted molar refractivity (Wildman–Crippen MR) is 82.1 cm³/mol. The topological polar surface area (TPSA) is 29.5 Å². The van der Waals surface area contributed by atoms with E-state index in [0.717, 1.165) is 34.0 Å². The van der Waals surface area contributed by atoms with Crippen molar-refractivity contribution in [3.63, 3.8) is 0 Å². The van der Waals surface area contributed by atoms with E-state index >= 15 is 0 Å². The lowest BCUT2D eigenvalue weighted by Gasteiger charge is -2.48. The molecule has 2 unspecified atom stereocenters. The number of rotatable bonds is 2. The second-order valence-corrected chi connectivity index (χ2v) is 7.62. The van der Waals surface area contributed by atoms with E-state index in [2.05, 4.69) is 31.9 Å². The minimum Gasteiger partial charge on any atom is -0.388 e. The molecule has 0 aromatic heterocycles. The second-order valence-electron chi connectivity index (χ2n) is 5.79. The van der Waals surface area contributed by atoms with Crippen LogP contribution in [0.2, 0.25) is 0 Å². The molecular formula is C15H18Br2O2. The summed E-state index contributed by atoms with van der Waals surface area (Å²) in [7, 11) is 0.